The van der Waals surface area contributed by atoms with E-state index < -0.39 is 15.8 Å². The SMILES string of the molecule is O=C(N1CCC(F)(F)CC1)N(C1CC1)C1CCS(=O)(=O)C1. The Bertz CT molecular complexity index is 524. The van der Waals surface area contributed by atoms with E-state index in [1.807, 2.05) is 0 Å². The van der Waals surface area contributed by atoms with E-state index in [1.54, 1.807) is 4.90 Å². The maximum Gasteiger partial charge on any atom is 0.320 e. The largest absolute Gasteiger partial charge is 0.324 e. The van der Waals surface area contributed by atoms with Crippen LogP contribution >= 0.6 is 0 Å². The van der Waals surface area contributed by atoms with Crippen molar-refractivity contribution in [3.63, 3.8) is 0 Å². The molecular weight excluding hydrogens is 302 g/mol. The van der Waals surface area contributed by atoms with Crippen LogP contribution in [0.2, 0.25) is 0 Å². The van der Waals surface area contributed by atoms with Gasteiger partial charge in [0, 0.05) is 38.0 Å². The first kappa shape index (κ1) is 15.0. The molecule has 0 aromatic rings. The summed E-state index contributed by atoms with van der Waals surface area (Å²) < 4.78 is 49.6. The van der Waals surface area contributed by atoms with Gasteiger partial charge in [-0.25, -0.2) is 22.0 Å². The van der Waals surface area contributed by atoms with Crippen molar-refractivity contribution in [1.29, 1.82) is 0 Å². The van der Waals surface area contributed by atoms with Crippen LogP contribution in [0.5, 0.6) is 0 Å². The van der Waals surface area contributed by atoms with Gasteiger partial charge in [0.1, 0.15) is 0 Å². The third-order valence-corrected chi connectivity index (χ3v) is 6.28. The van der Waals surface area contributed by atoms with Gasteiger partial charge in [0.15, 0.2) is 9.84 Å². The molecule has 0 aromatic carbocycles. The molecule has 1 aliphatic carbocycles. The Hall–Kier alpha value is -0.920. The fraction of sp³-hybridized carbons (Fsp3) is 0.923. The Morgan fingerprint density at radius 2 is 1.71 bits per heavy atom. The van der Waals surface area contributed by atoms with Gasteiger partial charge in [-0.1, -0.05) is 0 Å². The molecule has 3 aliphatic rings. The number of hydrogen-bond donors (Lipinski definition) is 0. The number of nitrogens with zero attached hydrogens (tertiary/aromatic N) is 2. The number of rotatable bonds is 2. The third kappa shape index (κ3) is 3.30. The maximum absolute atomic E-state index is 13.2. The molecule has 0 bridgehead atoms. The summed E-state index contributed by atoms with van der Waals surface area (Å²) in [6, 6.07) is -0.439. The Morgan fingerprint density at radius 3 is 2.19 bits per heavy atom. The molecule has 5 nitrogen and oxygen atoms in total. The van der Waals surface area contributed by atoms with Crippen molar-refractivity contribution < 1.29 is 22.0 Å². The summed E-state index contributed by atoms with van der Waals surface area (Å²) in [5, 5.41) is 0. The fourth-order valence-electron chi connectivity index (χ4n) is 3.15. The second-order valence-corrected chi connectivity index (χ2v) is 8.55. The molecule has 3 fully saturated rings. The van der Waals surface area contributed by atoms with Crippen LogP contribution in [0.15, 0.2) is 0 Å². The monoisotopic (exact) mass is 322 g/mol. The first-order valence-electron chi connectivity index (χ1n) is 7.43. The predicted octanol–water partition coefficient (Wildman–Crippen LogP) is 1.49. The van der Waals surface area contributed by atoms with E-state index in [1.165, 1.54) is 4.90 Å². The van der Waals surface area contributed by atoms with E-state index in [2.05, 4.69) is 0 Å². The van der Waals surface area contributed by atoms with Crippen molar-refractivity contribution in [1.82, 2.24) is 9.80 Å². The molecule has 8 heteroatoms. The van der Waals surface area contributed by atoms with Gasteiger partial charge in [0.2, 0.25) is 0 Å². The van der Waals surface area contributed by atoms with Crippen LogP contribution in [0.25, 0.3) is 0 Å². The van der Waals surface area contributed by atoms with Gasteiger partial charge in [-0.3, -0.25) is 0 Å². The van der Waals surface area contributed by atoms with Gasteiger partial charge in [-0.15, -0.1) is 0 Å². The Kier molecular flexibility index (Phi) is 3.62. The highest BCUT2D eigenvalue weighted by Crippen LogP contribution is 2.35. The summed E-state index contributed by atoms with van der Waals surface area (Å²) in [5.74, 6) is -2.55. The smallest absolute Gasteiger partial charge is 0.320 e. The van der Waals surface area contributed by atoms with Crippen molar-refractivity contribution in [2.45, 2.75) is 50.1 Å². The number of urea groups is 1. The van der Waals surface area contributed by atoms with Crippen LogP contribution in [-0.4, -0.2) is 66.9 Å². The van der Waals surface area contributed by atoms with Crippen LogP contribution in [-0.2, 0) is 9.84 Å². The van der Waals surface area contributed by atoms with Crippen LogP contribution in [0, 0.1) is 0 Å². The molecule has 0 N–H and O–H groups in total. The molecule has 2 saturated heterocycles. The minimum Gasteiger partial charge on any atom is -0.324 e. The first-order chi connectivity index (χ1) is 9.77. The highest BCUT2D eigenvalue weighted by molar-refractivity contribution is 7.91. The molecule has 2 heterocycles. The summed E-state index contributed by atoms with van der Waals surface area (Å²) in [4.78, 5) is 15.7. The van der Waals surface area contributed by atoms with Crippen molar-refractivity contribution in [3.05, 3.63) is 0 Å². The minimum absolute atomic E-state index is 0.0131. The normalized spacial score (nSPS) is 31.1. The molecule has 21 heavy (non-hydrogen) atoms. The summed E-state index contributed by atoms with van der Waals surface area (Å²) >= 11 is 0. The van der Waals surface area contributed by atoms with Crippen molar-refractivity contribution in [2.75, 3.05) is 24.6 Å². The molecule has 2 amide bonds. The van der Waals surface area contributed by atoms with Crippen molar-refractivity contribution in [2.24, 2.45) is 0 Å². The maximum atomic E-state index is 13.2. The number of likely N-dealkylation sites (tertiary alicyclic amines) is 1. The van der Waals surface area contributed by atoms with Gasteiger partial charge in [0.05, 0.1) is 11.5 Å². The first-order valence-corrected chi connectivity index (χ1v) is 9.25. The molecular formula is C13H20F2N2O3S. The van der Waals surface area contributed by atoms with E-state index >= 15 is 0 Å². The lowest BCUT2D eigenvalue weighted by atomic mass is 10.1. The predicted molar refractivity (Wildman–Crippen MR) is 73.1 cm³/mol. The molecule has 2 aliphatic heterocycles. The number of sulfone groups is 1. The molecule has 0 radical (unpaired) electrons. The van der Waals surface area contributed by atoms with Crippen molar-refractivity contribution >= 4 is 15.9 Å². The van der Waals surface area contributed by atoms with Crippen LogP contribution in [0.4, 0.5) is 13.6 Å². The van der Waals surface area contributed by atoms with E-state index in [0.717, 1.165) is 12.8 Å². The molecule has 120 valence electrons. The second kappa shape index (κ2) is 5.07. The van der Waals surface area contributed by atoms with Crippen LogP contribution < -0.4 is 0 Å². The lowest BCUT2D eigenvalue weighted by Crippen LogP contribution is -2.53. The summed E-state index contributed by atoms with van der Waals surface area (Å²) in [5.41, 5.74) is 0. The molecule has 1 saturated carbocycles. The number of carbonyl (C=O) groups is 1. The number of piperidine rings is 1. The second-order valence-electron chi connectivity index (χ2n) is 6.32. The number of halogens is 2. The average Bonchev–Trinajstić information content (AvgIpc) is 3.14. The summed E-state index contributed by atoms with van der Waals surface area (Å²) in [7, 11) is -3.06. The van der Waals surface area contributed by atoms with E-state index in [4.69, 9.17) is 0 Å². The number of amides is 2. The Labute approximate surface area is 123 Å². The zero-order valence-electron chi connectivity index (χ0n) is 11.8. The van der Waals surface area contributed by atoms with Gasteiger partial charge in [-0.2, -0.15) is 0 Å². The lowest BCUT2D eigenvalue weighted by Gasteiger charge is -2.38. The van der Waals surface area contributed by atoms with E-state index in [0.29, 0.717) is 6.42 Å². The van der Waals surface area contributed by atoms with Crippen LogP contribution in [0.3, 0.4) is 0 Å². The van der Waals surface area contributed by atoms with Gasteiger partial charge in [0.25, 0.3) is 5.92 Å². The summed E-state index contributed by atoms with van der Waals surface area (Å²) in [6.07, 6.45) is 1.62. The fourth-order valence-corrected chi connectivity index (χ4v) is 4.86. The van der Waals surface area contributed by atoms with E-state index in [9.17, 15) is 22.0 Å². The summed E-state index contributed by atoms with van der Waals surface area (Å²) in [6.45, 7) is 0.100. The lowest BCUT2D eigenvalue weighted by molar-refractivity contribution is -0.0498. The molecule has 1 atom stereocenters. The average molecular weight is 322 g/mol. The van der Waals surface area contributed by atoms with Gasteiger partial charge < -0.3 is 9.80 Å². The Balaban J connectivity index is 1.69. The van der Waals surface area contributed by atoms with Crippen molar-refractivity contribution in [3.8, 4) is 0 Å². The topological polar surface area (TPSA) is 57.7 Å². The zero-order valence-corrected chi connectivity index (χ0v) is 12.6. The standard InChI is InChI=1S/C13H20F2N2O3S/c14-13(15)4-6-16(7-5-13)12(18)17(10-1-2-10)11-3-8-21(19,20)9-11/h10-11H,1-9H2. The Morgan fingerprint density at radius 1 is 1.10 bits per heavy atom. The quantitative estimate of drug-likeness (QED) is 0.774. The van der Waals surface area contributed by atoms with Gasteiger partial charge >= 0.3 is 6.03 Å². The number of alkyl halides is 2. The number of hydrogen-bond acceptors (Lipinski definition) is 3. The highest BCUT2D eigenvalue weighted by Gasteiger charge is 2.45. The van der Waals surface area contributed by atoms with Crippen LogP contribution in [0.1, 0.15) is 32.1 Å². The number of carbonyl (C=O) groups excluding carboxylic acids is 1. The zero-order chi connectivity index (χ0) is 15.3. The highest BCUT2D eigenvalue weighted by atomic mass is 32.2. The minimum atomic E-state index is -3.06. The molecule has 0 spiro atoms. The van der Waals surface area contributed by atoms with Gasteiger partial charge in [-0.05, 0) is 19.3 Å². The molecule has 3 rings (SSSR count). The third-order valence-electron chi connectivity index (χ3n) is 4.53. The van der Waals surface area contributed by atoms with E-state index in [-0.39, 0.29) is 55.6 Å². The molecule has 0 aromatic heterocycles. The molecule has 1 unspecified atom stereocenters.